The highest BCUT2D eigenvalue weighted by Crippen LogP contribution is 2.56. The van der Waals surface area contributed by atoms with Gasteiger partial charge in [-0.1, -0.05) is 6.07 Å². The minimum atomic E-state index is -0.293. The van der Waals surface area contributed by atoms with Crippen molar-refractivity contribution in [2.75, 3.05) is 27.2 Å². The van der Waals surface area contributed by atoms with Crippen LogP contribution in [0.25, 0.3) is 0 Å². The molecular formula is C15H23FN2O. The van der Waals surface area contributed by atoms with Gasteiger partial charge in [-0.3, -0.25) is 0 Å². The third-order valence-electron chi connectivity index (χ3n) is 3.97. The van der Waals surface area contributed by atoms with Crippen molar-refractivity contribution >= 4 is 0 Å². The Labute approximate surface area is 114 Å². The largest absolute Gasteiger partial charge is 0.491 e. The fourth-order valence-corrected chi connectivity index (χ4v) is 2.91. The van der Waals surface area contributed by atoms with E-state index in [2.05, 4.69) is 4.90 Å². The zero-order valence-corrected chi connectivity index (χ0v) is 11.9. The first-order valence-electron chi connectivity index (χ1n) is 6.83. The minimum absolute atomic E-state index is 0.114. The molecule has 1 aromatic rings. The average molecular weight is 266 g/mol. The summed E-state index contributed by atoms with van der Waals surface area (Å²) in [5.74, 6) is 0.0281. The molecule has 1 aliphatic rings. The van der Waals surface area contributed by atoms with E-state index in [0.717, 1.165) is 18.4 Å². The summed E-state index contributed by atoms with van der Waals surface area (Å²) < 4.78 is 19.2. The van der Waals surface area contributed by atoms with E-state index in [0.29, 0.717) is 18.9 Å². The second-order valence-corrected chi connectivity index (χ2v) is 5.56. The molecule has 106 valence electrons. The maximum Gasteiger partial charge on any atom is 0.165 e. The summed E-state index contributed by atoms with van der Waals surface area (Å²) in [5, 5.41) is 0. The molecule has 0 bridgehead atoms. The Morgan fingerprint density at radius 2 is 2.11 bits per heavy atom. The van der Waals surface area contributed by atoms with Crippen LogP contribution >= 0.6 is 0 Å². The van der Waals surface area contributed by atoms with Crippen LogP contribution in [0.15, 0.2) is 18.2 Å². The number of ether oxygens (including phenoxy) is 1. The van der Waals surface area contributed by atoms with Crippen molar-refractivity contribution < 1.29 is 9.13 Å². The molecule has 2 rings (SSSR count). The molecule has 0 aliphatic heterocycles. The second-order valence-electron chi connectivity index (χ2n) is 5.56. The number of nitrogens with zero attached hydrogens (tertiary/aromatic N) is 1. The van der Waals surface area contributed by atoms with Crippen molar-refractivity contribution in [3.63, 3.8) is 0 Å². The van der Waals surface area contributed by atoms with E-state index < -0.39 is 0 Å². The molecule has 4 heteroatoms. The van der Waals surface area contributed by atoms with E-state index in [9.17, 15) is 4.39 Å². The van der Waals surface area contributed by atoms with Gasteiger partial charge in [-0.15, -0.1) is 0 Å². The zero-order chi connectivity index (χ0) is 14.0. The predicted octanol–water partition coefficient (Wildman–Crippen LogP) is 2.57. The molecule has 0 amide bonds. The fourth-order valence-electron chi connectivity index (χ4n) is 2.91. The molecule has 0 aromatic heterocycles. The highest BCUT2D eigenvalue weighted by molar-refractivity contribution is 5.33. The first kappa shape index (κ1) is 14.3. The standard InChI is InChI=1S/C15H23FN2O/c1-4-19-13-6-5-11(9-12(13)16)14(18(2)3)15(10-17)7-8-15/h5-6,9,14H,4,7-8,10,17H2,1-3H3. The summed E-state index contributed by atoms with van der Waals surface area (Å²) in [6.45, 7) is 2.97. The van der Waals surface area contributed by atoms with Crippen LogP contribution in [0.2, 0.25) is 0 Å². The van der Waals surface area contributed by atoms with Gasteiger partial charge in [0.15, 0.2) is 11.6 Å². The number of nitrogens with two attached hydrogens (primary N) is 1. The molecule has 1 atom stereocenters. The quantitative estimate of drug-likeness (QED) is 0.860. The van der Waals surface area contributed by atoms with E-state index in [-0.39, 0.29) is 17.3 Å². The van der Waals surface area contributed by atoms with E-state index >= 15 is 0 Å². The van der Waals surface area contributed by atoms with Gasteiger partial charge in [0.1, 0.15) is 0 Å². The van der Waals surface area contributed by atoms with Crippen LogP contribution in [-0.2, 0) is 0 Å². The molecule has 0 spiro atoms. The van der Waals surface area contributed by atoms with Gasteiger partial charge in [-0.25, -0.2) is 4.39 Å². The van der Waals surface area contributed by atoms with Gasteiger partial charge in [-0.05, 0) is 58.1 Å². The maximum atomic E-state index is 14.0. The predicted molar refractivity (Wildman–Crippen MR) is 74.7 cm³/mol. The smallest absolute Gasteiger partial charge is 0.165 e. The molecule has 0 heterocycles. The summed E-state index contributed by atoms with van der Waals surface area (Å²) in [6, 6.07) is 5.43. The van der Waals surface area contributed by atoms with Crippen LogP contribution in [0.5, 0.6) is 5.75 Å². The van der Waals surface area contributed by atoms with E-state index in [1.807, 2.05) is 27.1 Å². The molecule has 1 aromatic carbocycles. The summed E-state index contributed by atoms with van der Waals surface area (Å²) >= 11 is 0. The Morgan fingerprint density at radius 3 is 2.53 bits per heavy atom. The topological polar surface area (TPSA) is 38.5 Å². The van der Waals surface area contributed by atoms with Crippen molar-refractivity contribution in [3.8, 4) is 5.75 Å². The van der Waals surface area contributed by atoms with Gasteiger partial charge in [-0.2, -0.15) is 0 Å². The lowest BCUT2D eigenvalue weighted by Crippen LogP contribution is -2.33. The Balaban J connectivity index is 2.30. The normalized spacial score (nSPS) is 18.4. The van der Waals surface area contributed by atoms with Gasteiger partial charge < -0.3 is 15.4 Å². The van der Waals surface area contributed by atoms with Crippen LogP contribution in [0, 0.1) is 11.2 Å². The molecule has 1 fully saturated rings. The Bertz CT molecular complexity index is 444. The fraction of sp³-hybridized carbons (Fsp3) is 0.600. The minimum Gasteiger partial charge on any atom is -0.491 e. The van der Waals surface area contributed by atoms with Crippen LogP contribution in [0.4, 0.5) is 4.39 Å². The SMILES string of the molecule is CCOc1ccc(C(N(C)C)C2(CN)CC2)cc1F. The van der Waals surface area contributed by atoms with Gasteiger partial charge >= 0.3 is 0 Å². The number of hydrogen-bond donors (Lipinski definition) is 1. The van der Waals surface area contributed by atoms with Gasteiger partial charge in [0.25, 0.3) is 0 Å². The molecule has 1 saturated carbocycles. The zero-order valence-electron chi connectivity index (χ0n) is 11.9. The van der Waals surface area contributed by atoms with Gasteiger partial charge in [0, 0.05) is 11.5 Å². The molecule has 1 unspecified atom stereocenters. The first-order chi connectivity index (χ1) is 9.04. The second kappa shape index (κ2) is 5.47. The Hall–Kier alpha value is -1.13. The molecule has 3 nitrogen and oxygen atoms in total. The number of hydrogen-bond acceptors (Lipinski definition) is 3. The average Bonchev–Trinajstić information content (AvgIpc) is 3.13. The van der Waals surface area contributed by atoms with Crippen LogP contribution < -0.4 is 10.5 Å². The number of rotatable bonds is 6. The van der Waals surface area contributed by atoms with Crippen LogP contribution in [-0.4, -0.2) is 32.1 Å². The molecule has 0 radical (unpaired) electrons. The molecule has 2 N–H and O–H groups in total. The van der Waals surface area contributed by atoms with Crippen molar-refractivity contribution in [1.82, 2.24) is 4.90 Å². The van der Waals surface area contributed by atoms with Crippen molar-refractivity contribution in [3.05, 3.63) is 29.6 Å². The lowest BCUT2D eigenvalue weighted by atomic mass is 9.89. The van der Waals surface area contributed by atoms with Crippen molar-refractivity contribution in [2.45, 2.75) is 25.8 Å². The van der Waals surface area contributed by atoms with Crippen LogP contribution in [0.3, 0.4) is 0 Å². The third kappa shape index (κ3) is 2.74. The summed E-state index contributed by atoms with van der Waals surface area (Å²) in [6.07, 6.45) is 2.22. The number of halogens is 1. The third-order valence-corrected chi connectivity index (χ3v) is 3.97. The van der Waals surface area contributed by atoms with Crippen LogP contribution in [0.1, 0.15) is 31.4 Å². The van der Waals surface area contributed by atoms with Crippen molar-refractivity contribution in [2.24, 2.45) is 11.1 Å². The molecule has 1 aliphatic carbocycles. The van der Waals surface area contributed by atoms with E-state index in [1.165, 1.54) is 0 Å². The van der Waals surface area contributed by atoms with E-state index in [4.69, 9.17) is 10.5 Å². The summed E-state index contributed by atoms with van der Waals surface area (Å²) in [7, 11) is 4.05. The lowest BCUT2D eigenvalue weighted by Gasteiger charge is -2.32. The highest BCUT2D eigenvalue weighted by atomic mass is 19.1. The maximum absolute atomic E-state index is 14.0. The summed E-state index contributed by atoms with van der Waals surface area (Å²) in [5.41, 5.74) is 7.01. The number of benzene rings is 1. The lowest BCUT2D eigenvalue weighted by molar-refractivity contribution is 0.197. The Morgan fingerprint density at radius 1 is 1.42 bits per heavy atom. The monoisotopic (exact) mass is 266 g/mol. The van der Waals surface area contributed by atoms with Crippen molar-refractivity contribution in [1.29, 1.82) is 0 Å². The van der Waals surface area contributed by atoms with Gasteiger partial charge in [0.2, 0.25) is 0 Å². The Kier molecular flexibility index (Phi) is 4.11. The summed E-state index contributed by atoms with van der Waals surface area (Å²) in [4.78, 5) is 2.13. The first-order valence-corrected chi connectivity index (χ1v) is 6.83. The molecule has 19 heavy (non-hydrogen) atoms. The molecule has 0 saturated heterocycles. The van der Waals surface area contributed by atoms with E-state index in [1.54, 1.807) is 12.1 Å². The highest BCUT2D eigenvalue weighted by Gasteiger charge is 2.49. The molecular weight excluding hydrogens is 243 g/mol. The van der Waals surface area contributed by atoms with Gasteiger partial charge in [0.05, 0.1) is 6.61 Å².